The Balaban J connectivity index is 1.74. The topological polar surface area (TPSA) is 17.1 Å². The summed E-state index contributed by atoms with van der Waals surface area (Å²) in [5.74, 6) is 1.96. The van der Waals surface area contributed by atoms with Crippen LogP contribution in [0.1, 0.15) is 77.6 Å². The maximum Gasteiger partial charge on any atom is 0.189 e. The molecule has 0 spiro atoms. The van der Waals surface area contributed by atoms with Crippen molar-refractivity contribution in [1.82, 2.24) is 0 Å². The Labute approximate surface area is 116 Å². The molecule has 3 atom stereocenters. The molecule has 0 aromatic heterocycles. The number of fused-ring (bicyclic) bond motifs is 1. The first-order valence-electron chi connectivity index (χ1n) is 7.95. The monoisotopic (exact) mass is 268 g/mol. The molecule has 0 aromatic rings. The van der Waals surface area contributed by atoms with Crippen LogP contribution in [0, 0.1) is 11.8 Å². The molecule has 2 heteroatoms. The summed E-state index contributed by atoms with van der Waals surface area (Å²) < 4.78 is 0. The van der Waals surface area contributed by atoms with Crippen LogP contribution < -0.4 is 0 Å². The van der Waals surface area contributed by atoms with Gasteiger partial charge in [0, 0.05) is 11.7 Å². The molecule has 104 valence electrons. The number of thioether (sulfide) groups is 1. The van der Waals surface area contributed by atoms with Crippen molar-refractivity contribution in [1.29, 1.82) is 0 Å². The van der Waals surface area contributed by atoms with E-state index in [1.807, 2.05) is 0 Å². The van der Waals surface area contributed by atoms with Gasteiger partial charge in [-0.15, -0.1) is 0 Å². The van der Waals surface area contributed by atoms with Gasteiger partial charge in [0.2, 0.25) is 0 Å². The van der Waals surface area contributed by atoms with Gasteiger partial charge in [0.05, 0.1) is 0 Å². The fourth-order valence-electron chi connectivity index (χ4n) is 3.27. The standard InChI is InChI=1S/C16H28OS/c1-13-11-15-12-14(15)9-7-5-3-2-4-6-8-10-16(17)18-13/h13-15H,2-12H2,1H3. The van der Waals surface area contributed by atoms with Crippen LogP contribution in [0.5, 0.6) is 0 Å². The first kappa shape index (κ1) is 14.4. The minimum atomic E-state index is 0.439. The highest BCUT2D eigenvalue weighted by Crippen LogP contribution is 2.47. The van der Waals surface area contributed by atoms with E-state index in [4.69, 9.17) is 0 Å². The van der Waals surface area contributed by atoms with Gasteiger partial charge in [-0.2, -0.15) is 0 Å². The van der Waals surface area contributed by atoms with Gasteiger partial charge in [0.25, 0.3) is 0 Å². The molecule has 3 unspecified atom stereocenters. The number of carbonyl (C=O) groups excluding carboxylic acids is 1. The van der Waals surface area contributed by atoms with Gasteiger partial charge in [-0.3, -0.25) is 4.79 Å². The zero-order chi connectivity index (χ0) is 12.8. The van der Waals surface area contributed by atoms with Crippen LogP contribution in [0.25, 0.3) is 0 Å². The highest BCUT2D eigenvalue weighted by atomic mass is 32.2. The second-order valence-corrected chi connectivity index (χ2v) is 7.80. The first-order valence-corrected chi connectivity index (χ1v) is 8.83. The molecule has 0 bridgehead atoms. The van der Waals surface area contributed by atoms with E-state index in [2.05, 4.69) is 6.92 Å². The molecule has 1 saturated heterocycles. The maximum absolute atomic E-state index is 11.8. The van der Waals surface area contributed by atoms with Gasteiger partial charge in [-0.1, -0.05) is 63.6 Å². The SMILES string of the molecule is CC1CC2CC2CCCCCCCCCC(=O)S1. The van der Waals surface area contributed by atoms with Crippen LogP contribution in [-0.4, -0.2) is 10.4 Å². The van der Waals surface area contributed by atoms with Crippen molar-refractivity contribution in [2.75, 3.05) is 0 Å². The lowest BCUT2D eigenvalue weighted by Crippen LogP contribution is -2.04. The fourth-order valence-corrected chi connectivity index (χ4v) is 4.32. The second kappa shape index (κ2) is 7.57. The van der Waals surface area contributed by atoms with Gasteiger partial charge < -0.3 is 0 Å². The summed E-state index contributed by atoms with van der Waals surface area (Å²) in [5.41, 5.74) is 0. The number of rotatable bonds is 0. The minimum absolute atomic E-state index is 0.439. The highest BCUT2D eigenvalue weighted by molar-refractivity contribution is 8.14. The zero-order valence-corrected chi connectivity index (χ0v) is 12.6. The van der Waals surface area contributed by atoms with E-state index in [9.17, 15) is 4.79 Å². The molecule has 1 nitrogen and oxygen atoms in total. The van der Waals surface area contributed by atoms with E-state index in [1.165, 1.54) is 57.8 Å². The lowest BCUT2D eigenvalue weighted by atomic mass is 10.0. The van der Waals surface area contributed by atoms with Crippen molar-refractivity contribution in [2.45, 2.75) is 82.8 Å². The third kappa shape index (κ3) is 5.34. The molecule has 1 saturated carbocycles. The molecule has 1 heterocycles. The molecule has 0 amide bonds. The van der Waals surface area contributed by atoms with Crippen molar-refractivity contribution in [3.63, 3.8) is 0 Å². The average molecular weight is 268 g/mol. The zero-order valence-electron chi connectivity index (χ0n) is 11.8. The predicted octanol–water partition coefficient (Wildman–Crippen LogP) is 5.19. The lowest BCUT2D eigenvalue weighted by Gasteiger charge is -2.09. The third-order valence-corrected chi connectivity index (χ3v) is 5.55. The van der Waals surface area contributed by atoms with E-state index in [0.717, 1.165) is 24.7 Å². The maximum atomic E-state index is 11.8. The molecule has 18 heavy (non-hydrogen) atoms. The van der Waals surface area contributed by atoms with Crippen molar-refractivity contribution in [3.05, 3.63) is 0 Å². The third-order valence-electron chi connectivity index (χ3n) is 4.49. The summed E-state index contributed by atoms with van der Waals surface area (Å²) in [5, 5.41) is 0.993. The Kier molecular flexibility index (Phi) is 6.07. The van der Waals surface area contributed by atoms with E-state index >= 15 is 0 Å². The van der Waals surface area contributed by atoms with Gasteiger partial charge in [0.15, 0.2) is 5.12 Å². The highest BCUT2D eigenvalue weighted by Gasteiger charge is 2.37. The fraction of sp³-hybridized carbons (Fsp3) is 0.938. The Morgan fingerprint density at radius 1 is 0.889 bits per heavy atom. The van der Waals surface area contributed by atoms with E-state index in [-0.39, 0.29) is 0 Å². The molecular formula is C16H28OS. The molecule has 0 radical (unpaired) electrons. The Morgan fingerprint density at radius 3 is 2.33 bits per heavy atom. The van der Waals surface area contributed by atoms with E-state index in [0.29, 0.717) is 10.4 Å². The molecular weight excluding hydrogens is 240 g/mol. The van der Waals surface area contributed by atoms with Crippen molar-refractivity contribution in [3.8, 4) is 0 Å². The number of carbonyl (C=O) groups is 1. The van der Waals surface area contributed by atoms with Crippen LogP contribution in [0.15, 0.2) is 0 Å². The van der Waals surface area contributed by atoms with Crippen molar-refractivity contribution < 1.29 is 4.79 Å². The molecule has 2 aliphatic rings. The first-order chi connectivity index (χ1) is 8.75. The molecule has 1 aliphatic carbocycles. The van der Waals surface area contributed by atoms with Gasteiger partial charge in [0.1, 0.15) is 0 Å². The summed E-state index contributed by atoms with van der Waals surface area (Å²) in [6, 6.07) is 0. The molecule has 1 aliphatic heterocycles. The van der Waals surface area contributed by atoms with Crippen molar-refractivity contribution >= 4 is 16.9 Å². The van der Waals surface area contributed by atoms with Crippen LogP contribution in [-0.2, 0) is 4.79 Å². The molecule has 0 aromatic carbocycles. The summed E-state index contributed by atoms with van der Waals surface area (Å²) in [7, 11) is 0. The van der Waals surface area contributed by atoms with E-state index in [1.54, 1.807) is 11.8 Å². The Bertz CT molecular complexity index is 264. The Morgan fingerprint density at radius 2 is 1.56 bits per heavy atom. The quantitative estimate of drug-likeness (QED) is 0.601. The van der Waals surface area contributed by atoms with Gasteiger partial charge >= 0.3 is 0 Å². The molecule has 0 N–H and O–H groups in total. The average Bonchev–Trinajstić information content (AvgIpc) is 3.03. The van der Waals surface area contributed by atoms with Crippen LogP contribution in [0.4, 0.5) is 0 Å². The summed E-state index contributed by atoms with van der Waals surface area (Å²) in [6.45, 7) is 2.25. The molecule has 2 fully saturated rings. The van der Waals surface area contributed by atoms with Crippen LogP contribution in [0.2, 0.25) is 0 Å². The summed E-state index contributed by atoms with van der Waals surface area (Å²) >= 11 is 1.62. The predicted molar refractivity (Wildman–Crippen MR) is 79.8 cm³/mol. The van der Waals surface area contributed by atoms with Gasteiger partial charge in [-0.25, -0.2) is 0 Å². The molecule has 2 rings (SSSR count). The largest absolute Gasteiger partial charge is 0.287 e. The summed E-state index contributed by atoms with van der Waals surface area (Å²) in [6.07, 6.45) is 14.4. The summed E-state index contributed by atoms with van der Waals surface area (Å²) in [4.78, 5) is 11.8. The Hall–Kier alpha value is 0.0200. The smallest absolute Gasteiger partial charge is 0.189 e. The number of hydrogen-bond acceptors (Lipinski definition) is 2. The van der Waals surface area contributed by atoms with Crippen molar-refractivity contribution in [2.24, 2.45) is 11.8 Å². The van der Waals surface area contributed by atoms with E-state index < -0.39 is 0 Å². The second-order valence-electron chi connectivity index (χ2n) is 6.31. The minimum Gasteiger partial charge on any atom is -0.287 e. The normalized spacial score (nSPS) is 36.3. The lowest BCUT2D eigenvalue weighted by molar-refractivity contribution is -0.111. The van der Waals surface area contributed by atoms with Crippen LogP contribution >= 0.6 is 11.8 Å². The van der Waals surface area contributed by atoms with Gasteiger partial charge in [-0.05, 0) is 31.1 Å². The van der Waals surface area contributed by atoms with Crippen LogP contribution in [0.3, 0.4) is 0 Å². The number of hydrogen-bond donors (Lipinski definition) is 0.